The van der Waals surface area contributed by atoms with Crippen LogP contribution in [0.1, 0.15) is 38.2 Å². The SMILES string of the molecule is CC1CCN(C(=O)NCC2(c3ccc4c(c3)OCO4)CCOCC2)CC1. The predicted octanol–water partition coefficient (Wildman–Crippen LogP) is 2.91. The van der Waals surface area contributed by atoms with E-state index in [1.165, 1.54) is 5.56 Å². The van der Waals surface area contributed by atoms with Crippen molar-refractivity contribution >= 4 is 6.03 Å². The lowest BCUT2D eigenvalue weighted by atomic mass is 9.74. The van der Waals surface area contributed by atoms with Crippen molar-refractivity contribution in [1.29, 1.82) is 0 Å². The van der Waals surface area contributed by atoms with E-state index in [-0.39, 0.29) is 18.2 Å². The minimum absolute atomic E-state index is 0.0588. The molecule has 3 aliphatic rings. The highest BCUT2D eigenvalue weighted by Gasteiger charge is 2.36. The molecule has 0 bridgehead atoms. The number of nitrogens with one attached hydrogen (secondary N) is 1. The highest BCUT2D eigenvalue weighted by molar-refractivity contribution is 5.74. The van der Waals surface area contributed by atoms with E-state index >= 15 is 0 Å². The Kier molecular flexibility index (Phi) is 4.94. The highest BCUT2D eigenvalue weighted by atomic mass is 16.7. The standard InChI is InChI=1S/C20H28N2O4/c1-15-4-8-22(9-5-15)19(23)21-13-20(6-10-24-11-7-20)16-2-3-17-18(12-16)26-14-25-17/h2-3,12,15H,4-11,13-14H2,1H3,(H,21,23). The molecule has 2 amide bonds. The number of rotatable bonds is 3. The molecule has 6 nitrogen and oxygen atoms in total. The van der Waals surface area contributed by atoms with Crippen molar-refractivity contribution in [2.24, 2.45) is 5.92 Å². The van der Waals surface area contributed by atoms with Crippen molar-refractivity contribution in [3.05, 3.63) is 23.8 Å². The van der Waals surface area contributed by atoms with E-state index in [4.69, 9.17) is 14.2 Å². The van der Waals surface area contributed by atoms with Crippen molar-refractivity contribution < 1.29 is 19.0 Å². The number of piperidine rings is 1. The molecule has 0 saturated carbocycles. The van der Waals surface area contributed by atoms with E-state index in [0.717, 1.165) is 56.2 Å². The van der Waals surface area contributed by atoms with Gasteiger partial charge >= 0.3 is 6.03 Å². The number of hydrogen-bond acceptors (Lipinski definition) is 4. The Morgan fingerprint density at radius 1 is 1.19 bits per heavy atom. The summed E-state index contributed by atoms with van der Waals surface area (Å²) < 4.78 is 16.6. The normalized spacial score (nSPS) is 22.3. The van der Waals surface area contributed by atoms with Gasteiger partial charge < -0.3 is 24.4 Å². The zero-order chi connectivity index (χ0) is 18.0. The van der Waals surface area contributed by atoms with Gasteiger partial charge in [-0.25, -0.2) is 4.79 Å². The number of urea groups is 1. The Labute approximate surface area is 154 Å². The molecule has 0 unspecified atom stereocenters. The summed E-state index contributed by atoms with van der Waals surface area (Å²) in [5.41, 5.74) is 1.08. The number of carbonyl (C=O) groups excluding carboxylic acids is 1. The van der Waals surface area contributed by atoms with E-state index in [1.54, 1.807) is 0 Å². The van der Waals surface area contributed by atoms with Crippen molar-refractivity contribution in [3.8, 4) is 11.5 Å². The molecule has 3 heterocycles. The van der Waals surface area contributed by atoms with Gasteiger partial charge in [0.15, 0.2) is 11.5 Å². The summed E-state index contributed by atoms with van der Waals surface area (Å²) in [4.78, 5) is 14.6. The zero-order valence-corrected chi connectivity index (χ0v) is 15.5. The lowest BCUT2D eigenvalue weighted by molar-refractivity contribution is 0.0498. The number of nitrogens with zero attached hydrogens (tertiary/aromatic N) is 1. The quantitative estimate of drug-likeness (QED) is 0.900. The molecular formula is C20H28N2O4. The second-order valence-electron chi connectivity index (χ2n) is 7.79. The zero-order valence-electron chi connectivity index (χ0n) is 15.5. The molecule has 0 radical (unpaired) electrons. The topological polar surface area (TPSA) is 60.0 Å². The van der Waals surface area contributed by atoms with Crippen molar-refractivity contribution in [1.82, 2.24) is 10.2 Å². The molecule has 6 heteroatoms. The van der Waals surface area contributed by atoms with Crippen LogP contribution in [-0.4, -0.2) is 50.6 Å². The molecule has 0 aliphatic carbocycles. The summed E-state index contributed by atoms with van der Waals surface area (Å²) in [7, 11) is 0. The van der Waals surface area contributed by atoms with Crippen LogP contribution in [0.25, 0.3) is 0 Å². The van der Waals surface area contributed by atoms with Gasteiger partial charge in [0.1, 0.15) is 0 Å². The lowest BCUT2D eigenvalue weighted by Crippen LogP contribution is -2.50. The molecular weight excluding hydrogens is 332 g/mol. The lowest BCUT2D eigenvalue weighted by Gasteiger charge is -2.39. The Bertz CT molecular complexity index is 649. The molecule has 0 atom stereocenters. The average molecular weight is 360 g/mol. The monoisotopic (exact) mass is 360 g/mol. The van der Waals surface area contributed by atoms with Gasteiger partial charge in [-0.05, 0) is 49.3 Å². The predicted molar refractivity (Wildman–Crippen MR) is 97.7 cm³/mol. The molecule has 0 aromatic heterocycles. The third kappa shape index (κ3) is 3.47. The molecule has 3 aliphatic heterocycles. The van der Waals surface area contributed by atoms with Gasteiger partial charge in [-0.15, -0.1) is 0 Å². The number of ether oxygens (including phenoxy) is 3. The molecule has 142 valence electrons. The van der Waals surface area contributed by atoms with E-state index in [1.807, 2.05) is 11.0 Å². The number of benzene rings is 1. The second-order valence-corrected chi connectivity index (χ2v) is 7.79. The van der Waals surface area contributed by atoms with Gasteiger partial charge in [-0.3, -0.25) is 0 Å². The molecule has 4 rings (SSSR count). The first-order valence-corrected chi connectivity index (χ1v) is 9.67. The Balaban J connectivity index is 1.47. The van der Waals surface area contributed by atoms with Gasteiger partial charge in [-0.1, -0.05) is 13.0 Å². The summed E-state index contributed by atoms with van der Waals surface area (Å²) in [5.74, 6) is 2.31. The molecule has 1 aromatic rings. The first kappa shape index (κ1) is 17.5. The molecule has 1 aromatic carbocycles. The fourth-order valence-electron chi connectivity index (χ4n) is 4.12. The van der Waals surface area contributed by atoms with Crippen molar-refractivity contribution in [2.45, 2.75) is 38.0 Å². The Morgan fingerprint density at radius 3 is 2.69 bits per heavy atom. The first-order chi connectivity index (χ1) is 12.7. The summed E-state index contributed by atoms with van der Waals surface area (Å²) in [6, 6.07) is 6.21. The van der Waals surface area contributed by atoms with Crippen LogP contribution < -0.4 is 14.8 Å². The maximum Gasteiger partial charge on any atom is 0.317 e. The largest absolute Gasteiger partial charge is 0.454 e. The Morgan fingerprint density at radius 2 is 1.92 bits per heavy atom. The third-order valence-corrected chi connectivity index (χ3v) is 6.08. The van der Waals surface area contributed by atoms with Gasteiger partial charge in [0, 0.05) is 38.3 Å². The molecule has 1 N–H and O–H groups in total. The maximum atomic E-state index is 12.6. The molecule has 2 saturated heterocycles. The van der Waals surface area contributed by atoms with Crippen LogP contribution in [0.3, 0.4) is 0 Å². The van der Waals surface area contributed by atoms with Crippen LogP contribution in [0.4, 0.5) is 4.79 Å². The summed E-state index contributed by atoms with van der Waals surface area (Å²) in [5, 5.41) is 3.20. The highest BCUT2D eigenvalue weighted by Crippen LogP contribution is 2.40. The van der Waals surface area contributed by atoms with Gasteiger partial charge in [0.25, 0.3) is 0 Å². The van der Waals surface area contributed by atoms with Crippen molar-refractivity contribution in [2.75, 3.05) is 39.6 Å². The maximum absolute atomic E-state index is 12.6. The molecule has 2 fully saturated rings. The van der Waals surface area contributed by atoms with E-state index < -0.39 is 0 Å². The van der Waals surface area contributed by atoms with Crippen LogP contribution in [0, 0.1) is 5.92 Å². The van der Waals surface area contributed by atoms with Crippen LogP contribution in [0.15, 0.2) is 18.2 Å². The fraction of sp³-hybridized carbons (Fsp3) is 0.650. The third-order valence-electron chi connectivity index (χ3n) is 6.08. The number of carbonyl (C=O) groups is 1. The minimum atomic E-state index is -0.113. The number of likely N-dealkylation sites (tertiary alicyclic amines) is 1. The van der Waals surface area contributed by atoms with Gasteiger partial charge in [0.05, 0.1) is 0 Å². The van der Waals surface area contributed by atoms with Crippen LogP contribution in [0.5, 0.6) is 11.5 Å². The minimum Gasteiger partial charge on any atom is -0.454 e. The molecule has 26 heavy (non-hydrogen) atoms. The summed E-state index contributed by atoms with van der Waals surface area (Å²) in [6.45, 7) is 6.29. The van der Waals surface area contributed by atoms with Crippen LogP contribution in [0.2, 0.25) is 0 Å². The number of fused-ring (bicyclic) bond motifs is 1. The fourth-order valence-corrected chi connectivity index (χ4v) is 4.12. The van der Waals surface area contributed by atoms with E-state index in [9.17, 15) is 4.79 Å². The molecule has 0 spiro atoms. The number of amides is 2. The smallest absolute Gasteiger partial charge is 0.317 e. The van der Waals surface area contributed by atoms with Gasteiger partial charge in [0.2, 0.25) is 6.79 Å². The van der Waals surface area contributed by atoms with E-state index in [2.05, 4.69) is 24.4 Å². The average Bonchev–Trinajstić information content (AvgIpc) is 3.15. The first-order valence-electron chi connectivity index (χ1n) is 9.67. The van der Waals surface area contributed by atoms with Crippen LogP contribution >= 0.6 is 0 Å². The van der Waals surface area contributed by atoms with Gasteiger partial charge in [-0.2, -0.15) is 0 Å². The summed E-state index contributed by atoms with van der Waals surface area (Å²) >= 11 is 0. The summed E-state index contributed by atoms with van der Waals surface area (Å²) in [6.07, 6.45) is 3.97. The van der Waals surface area contributed by atoms with Crippen molar-refractivity contribution in [3.63, 3.8) is 0 Å². The van der Waals surface area contributed by atoms with E-state index in [0.29, 0.717) is 19.8 Å². The number of hydrogen-bond donors (Lipinski definition) is 1. The second kappa shape index (κ2) is 7.35. The van der Waals surface area contributed by atoms with Crippen LogP contribution in [-0.2, 0) is 10.2 Å². The Hall–Kier alpha value is -1.95.